The Hall–Kier alpha value is -1.58. The van der Waals surface area contributed by atoms with Crippen molar-refractivity contribution in [1.82, 2.24) is 15.5 Å². The maximum Gasteiger partial charge on any atom is 0.191 e. The van der Waals surface area contributed by atoms with Crippen molar-refractivity contribution in [2.45, 2.75) is 46.9 Å². The first kappa shape index (κ1) is 26.5. The predicted octanol–water partition coefficient (Wildman–Crippen LogP) is 4.40. The van der Waals surface area contributed by atoms with E-state index >= 15 is 0 Å². The van der Waals surface area contributed by atoms with Gasteiger partial charge in [-0.2, -0.15) is 0 Å². The summed E-state index contributed by atoms with van der Waals surface area (Å²) in [5.74, 6) is 1.70. The fourth-order valence-corrected chi connectivity index (χ4v) is 2.92. The molecule has 0 atom stereocenters. The van der Waals surface area contributed by atoms with E-state index in [0.29, 0.717) is 19.8 Å². The van der Waals surface area contributed by atoms with Crippen LogP contribution in [0.25, 0.3) is 0 Å². The molecule has 0 aliphatic heterocycles. The van der Waals surface area contributed by atoms with Gasteiger partial charge in [-0.15, -0.1) is 24.0 Å². The van der Waals surface area contributed by atoms with Gasteiger partial charge >= 0.3 is 0 Å². The summed E-state index contributed by atoms with van der Waals surface area (Å²) in [7, 11) is 0. The van der Waals surface area contributed by atoms with Crippen LogP contribution in [0.2, 0.25) is 0 Å². The van der Waals surface area contributed by atoms with E-state index in [4.69, 9.17) is 14.1 Å². The Morgan fingerprint density at radius 1 is 1.03 bits per heavy atom. The van der Waals surface area contributed by atoms with Gasteiger partial charge in [-0.3, -0.25) is 4.90 Å². The fraction of sp³-hybridized carbons (Fsp3) is 0.522. The number of rotatable bonds is 13. The number of halogens is 1. The molecule has 1 aromatic heterocycles. The molecule has 1 heterocycles. The maximum atomic E-state index is 5.61. The first-order valence-electron chi connectivity index (χ1n) is 10.7. The quantitative estimate of drug-likeness (QED) is 0.175. The van der Waals surface area contributed by atoms with Gasteiger partial charge in [-0.05, 0) is 49.7 Å². The third kappa shape index (κ3) is 10.4. The number of aliphatic imine (C=N–C) groups is 1. The normalized spacial score (nSPS) is 11.4. The SMILES string of the molecule is CCNC(=NCc1ccc(CN(CC)CC)cc1)NCCCOCc1ccco1.I. The molecule has 6 nitrogen and oxygen atoms in total. The van der Waals surface area contributed by atoms with Crippen LogP contribution in [0, 0.1) is 0 Å². The molecule has 2 rings (SSSR count). The molecule has 0 amide bonds. The predicted molar refractivity (Wildman–Crippen MR) is 134 cm³/mol. The first-order valence-corrected chi connectivity index (χ1v) is 10.7. The Morgan fingerprint density at radius 2 is 1.77 bits per heavy atom. The van der Waals surface area contributed by atoms with E-state index in [-0.39, 0.29) is 24.0 Å². The van der Waals surface area contributed by atoms with Crippen LogP contribution >= 0.6 is 24.0 Å². The van der Waals surface area contributed by atoms with E-state index in [9.17, 15) is 0 Å². The number of furan rings is 1. The number of benzene rings is 1. The monoisotopic (exact) mass is 528 g/mol. The second-order valence-corrected chi connectivity index (χ2v) is 6.89. The van der Waals surface area contributed by atoms with Gasteiger partial charge in [0.15, 0.2) is 5.96 Å². The number of nitrogens with one attached hydrogen (secondary N) is 2. The molecule has 0 aliphatic rings. The summed E-state index contributed by atoms with van der Waals surface area (Å²) >= 11 is 0. The van der Waals surface area contributed by atoms with Crippen LogP contribution in [-0.2, 0) is 24.4 Å². The Labute approximate surface area is 198 Å². The van der Waals surface area contributed by atoms with Gasteiger partial charge in [-0.1, -0.05) is 38.1 Å². The minimum absolute atomic E-state index is 0. The van der Waals surface area contributed by atoms with Gasteiger partial charge in [0.2, 0.25) is 0 Å². The van der Waals surface area contributed by atoms with E-state index in [1.165, 1.54) is 11.1 Å². The summed E-state index contributed by atoms with van der Waals surface area (Å²) in [5.41, 5.74) is 2.56. The average molecular weight is 528 g/mol. The fourth-order valence-electron chi connectivity index (χ4n) is 2.92. The minimum atomic E-state index is 0. The van der Waals surface area contributed by atoms with Crippen molar-refractivity contribution in [3.8, 4) is 0 Å². The summed E-state index contributed by atoms with van der Waals surface area (Å²) in [6.45, 7) is 13.1. The van der Waals surface area contributed by atoms with Crippen molar-refractivity contribution in [3.63, 3.8) is 0 Å². The van der Waals surface area contributed by atoms with Crippen molar-refractivity contribution in [2.75, 3.05) is 32.8 Å². The topological polar surface area (TPSA) is 62.0 Å². The molecule has 2 N–H and O–H groups in total. The maximum absolute atomic E-state index is 5.61. The second kappa shape index (κ2) is 16.2. The molecule has 2 aromatic rings. The lowest BCUT2D eigenvalue weighted by molar-refractivity contribution is 0.105. The zero-order valence-electron chi connectivity index (χ0n) is 18.5. The summed E-state index contributed by atoms with van der Waals surface area (Å²) < 4.78 is 10.9. The molecule has 0 unspecified atom stereocenters. The van der Waals surface area contributed by atoms with Crippen LogP contribution < -0.4 is 10.6 Å². The van der Waals surface area contributed by atoms with Crippen molar-refractivity contribution in [2.24, 2.45) is 4.99 Å². The molecule has 168 valence electrons. The zero-order valence-corrected chi connectivity index (χ0v) is 20.9. The van der Waals surface area contributed by atoms with Gasteiger partial charge in [0.05, 0.1) is 12.8 Å². The molecule has 0 bridgehead atoms. The van der Waals surface area contributed by atoms with Crippen LogP contribution in [-0.4, -0.2) is 43.6 Å². The minimum Gasteiger partial charge on any atom is -0.467 e. The van der Waals surface area contributed by atoms with Crippen LogP contribution in [0.5, 0.6) is 0 Å². The molecule has 0 spiro atoms. The van der Waals surface area contributed by atoms with Crippen LogP contribution in [0.3, 0.4) is 0 Å². The number of hydrogen-bond acceptors (Lipinski definition) is 4. The summed E-state index contributed by atoms with van der Waals surface area (Å²) in [5, 5.41) is 6.66. The van der Waals surface area contributed by atoms with Crippen molar-refractivity contribution >= 4 is 29.9 Å². The van der Waals surface area contributed by atoms with Gasteiger partial charge in [0, 0.05) is 26.2 Å². The van der Waals surface area contributed by atoms with E-state index in [2.05, 4.69) is 60.6 Å². The number of nitrogens with zero attached hydrogens (tertiary/aromatic N) is 2. The zero-order chi connectivity index (χ0) is 20.7. The van der Waals surface area contributed by atoms with Crippen LogP contribution in [0.1, 0.15) is 44.1 Å². The van der Waals surface area contributed by atoms with Crippen LogP contribution in [0.4, 0.5) is 0 Å². The summed E-state index contributed by atoms with van der Waals surface area (Å²) in [6, 6.07) is 12.6. The Balaban J connectivity index is 0.00000450. The Bertz CT molecular complexity index is 686. The Morgan fingerprint density at radius 3 is 2.40 bits per heavy atom. The van der Waals surface area contributed by atoms with Crippen molar-refractivity contribution in [3.05, 3.63) is 59.5 Å². The Kier molecular flexibility index (Phi) is 14.2. The largest absolute Gasteiger partial charge is 0.467 e. The van der Waals surface area contributed by atoms with E-state index < -0.39 is 0 Å². The molecule has 0 saturated carbocycles. The lowest BCUT2D eigenvalue weighted by Gasteiger charge is -2.18. The van der Waals surface area contributed by atoms with Gasteiger partial charge in [-0.25, -0.2) is 4.99 Å². The number of hydrogen-bond donors (Lipinski definition) is 2. The van der Waals surface area contributed by atoms with E-state index in [1.54, 1.807) is 6.26 Å². The van der Waals surface area contributed by atoms with Gasteiger partial charge in [0.1, 0.15) is 12.4 Å². The smallest absolute Gasteiger partial charge is 0.191 e. The standard InChI is InChI=1S/C23H36N4O2.HI/c1-4-24-23(25-14-8-15-28-19-22-9-7-16-29-22)26-17-20-10-12-21(13-11-20)18-27(5-2)6-3;/h7,9-13,16H,4-6,8,14-15,17-19H2,1-3H3,(H2,24,25,26);1H. The number of guanidine groups is 1. The first-order chi connectivity index (χ1) is 14.2. The molecule has 0 saturated heterocycles. The van der Waals surface area contributed by atoms with Crippen molar-refractivity contribution in [1.29, 1.82) is 0 Å². The number of ether oxygens (including phenoxy) is 1. The van der Waals surface area contributed by atoms with E-state index in [1.807, 2.05) is 12.1 Å². The highest BCUT2D eigenvalue weighted by Crippen LogP contribution is 2.08. The molecular formula is C23H37IN4O2. The van der Waals surface area contributed by atoms with Crippen LogP contribution in [0.15, 0.2) is 52.1 Å². The van der Waals surface area contributed by atoms with Gasteiger partial charge in [0.25, 0.3) is 0 Å². The third-order valence-electron chi connectivity index (χ3n) is 4.67. The lowest BCUT2D eigenvalue weighted by Crippen LogP contribution is -2.38. The molecule has 0 fully saturated rings. The average Bonchev–Trinajstić information content (AvgIpc) is 3.27. The highest BCUT2D eigenvalue weighted by molar-refractivity contribution is 14.0. The second-order valence-electron chi connectivity index (χ2n) is 6.89. The molecule has 1 aromatic carbocycles. The highest BCUT2D eigenvalue weighted by atomic mass is 127. The summed E-state index contributed by atoms with van der Waals surface area (Å²) in [6.07, 6.45) is 2.57. The third-order valence-corrected chi connectivity index (χ3v) is 4.67. The van der Waals surface area contributed by atoms with Crippen molar-refractivity contribution < 1.29 is 9.15 Å². The molecule has 0 aliphatic carbocycles. The lowest BCUT2D eigenvalue weighted by atomic mass is 10.1. The summed E-state index contributed by atoms with van der Waals surface area (Å²) in [4.78, 5) is 7.11. The highest BCUT2D eigenvalue weighted by Gasteiger charge is 2.02. The van der Waals surface area contributed by atoms with E-state index in [0.717, 1.165) is 50.9 Å². The molecule has 30 heavy (non-hydrogen) atoms. The van der Waals surface area contributed by atoms with Gasteiger partial charge < -0.3 is 19.8 Å². The molecule has 0 radical (unpaired) electrons. The molecular weight excluding hydrogens is 491 g/mol. The molecule has 7 heteroatoms.